The number of hydrogen-bond donors (Lipinski definition) is 2. The lowest BCUT2D eigenvalue weighted by atomic mass is 10.0. The average molecular weight is 401 g/mol. The number of aromatic nitrogens is 2. The minimum Gasteiger partial charge on any atom is -0.276 e. The third kappa shape index (κ3) is 4.33. The van der Waals surface area contributed by atoms with Crippen LogP contribution >= 0.6 is 11.3 Å². The van der Waals surface area contributed by atoms with Crippen LogP contribution in [-0.2, 0) is 0 Å². The van der Waals surface area contributed by atoms with Gasteiger partial charge in [0.15, 0.2) is 5.69 Å². The second kappa shape index (κ2) is 8.24. The Kier molecular flexibility index (Phi) is 5.35. The molecule has 2 heterocycles. The van der Waals surface area contributed by atoms with Crippen LogP contribution in [0.4, 0.5) is 0 Å². The topological polar surface area (TPSA) is 70.1 Å². The third-order valence-corrected chi connectivity index (χ3v) is 5.59. The Labute approximate surface area is 173 Å². The van der Waals surface area contributed by atoms with Crippen molar-refractivity contribution in [3.05, 3.63) is 88.9 Å². The van der Waals surface area contributed by atoms with Crippen LogP contribution in [0.15, 0.2) is 77.9 Å². The Balaban J connectivity index is 1.43. The van der Waals surface area contributed by atoms with Gasteiger partial charge >= 0.3 is 0 Å². The molecule has 0 radical (unpaired) electrons. The first-order chi connectivity index (χ1) is 14.1. The lowest BCUT2D eigenvalue weighted by Crippen LogP contribution is -2.19. The summed E-state index contributed by atoms with van der Waals surface area (Å²) in [4.78, 5) is 14.6. The number of hydrazone groups is 1. The number of aryl methyl sites for hydroxylation is 1. The van der Waals surface area contributed by atoms with Gasteiger partial charge in [-0.2, -0.15) is 10.2 Å². The monoisotopic (exact) mass is 400 g/mol. The largest absolute Gasteiger partial charge is 0.291 e. The van der Waals surface area contributed by atoms with Crippen LogP contribution in [0.1, 0.15) is 27.9 Å². The quantitative estimate of drug-likeness (QED) is 0.354. The number of benzene rings is 2. The Bertz CT molecular complexity index is 1160. The molecule has 4 rings (SSSR count). The number of hydrogen-bond acceptors (Lipinski definition) is 4. The zero-order chi connectivity index (χ0) is 20.2. The van der Waals surface area contributed by atoms with Crippen molar-refractivity contribution in [3.63, 3.8) is 0 Å². The Morgan fingerprint density at radius 1 is 1.00 bits per heavy atom. The van der Waals surface area contributed by atoms with Crippen molar-refractivity contribution >= 4 is 23.0 Å². The molecule has 0 aliphatic carbocycles. The number of amides is 1. The number of carbonyl (C=O) groups is 1. The Morgan fingerprint density at radius 3 is 2.41 bits per heavy atom. The molecular formula is C23H20N4OS. The number of aromatic amines is 1. The van der Waals surface area contributed by atoms with Crippen molar-refractivity contribution < 1.29 is 4.79 Å². The van der Waals surface area contributed by atoms with Crippen LogP contribution in [0.2, 0.25) is 0 Å². The average Bonchev–Trinajstić information content (AvgIpc) is 3.42. The van der Waals surface area contributed by atoms with Gasteiger partial charge in [-0.3, -0.25) is 9.89 Å². The molecule has 0 unspecified atom stereocenters. The molecule has 2 aromatic heterocycles. The van der Waals surface area contributed by atoms with E-state index in [0.717, 1.165) is 33.0 Å². The molecule has 0 fully saturated rings. The van der Waals surface area contributed by atoms with Gasteiger partial charge in [0.25, 0.3) is 5.91 Å². The SMILES string of the molecule is CC(=NNC(=O)c1cc(-c2ccc(C)s2)[nH]n1)c1ccc(-c2ccccc2)cc1. The highest BCUT2D eigenvalue weighted by Crippen LogP contribution is 2.26. The molecule has 4 aromatic rings. The van der Waals surface area contributed by atoms with Gasteiger partial charge in [-0.1, -0.05) is 54.6 Å². The first-order valence-electron chi connectivity index (χ1n) is 9.23. The molecule has 0 spiro atoms. The summed E-state index contributed by atoms with van der Waals surface area (Å²) in [5.41, 5.74) is 7.69. The summed E-state index contributed by atoms with van der Waals surface area (Å²) in [6.45, 7) is 3.91. The molecule has 2 N–H and O–H groups in total. The minimum absolute atomic E-state index is 0.307. The zero-order valence-electron chi connectivity index (χ0n) is 16.1. The molecule has 0 bridgehead atoms. The molecule has 1 amide bonds. The summed E-state index contributed by atoms with van der Waals surface area (Å²) >= 11 is 1.65. The molecule has 6 heteroatoms. The molecular weight excluding hydrogens is 380 g/mol. The van der Waals surface area contributed by atoms with E-state index in [0.29, 0.717) is 5.69 Å². The van der Waals surface area contributed by atoms with Crippen LogP contribution in [-0.4, -0.2) is 21.8 Å². The van der Waals surface area contributed by atoms with Gasteiger partial charge in [0.05, 0.1) is 16.3 Å². The van der Waals surface area contributed by atoms with Crippen LogP contribution in [0.5, 0.6) is 0 Å². The van der Waals surface area contributed by atoms with Crippen molar-refractivity contribution in [2.75, 3.05) is 0 Å². The van der Waals surface area contributed by atoms with E-state index in [1.807, 2.05) is 56.3 Å². The number of carbonyl (C=O) groups excluding carboxylic acids is 1. The first-order valence-corrected chi connectivity index (χ1v) is 10.0. The molecule has 0 aliphatic heterocycles. The van der Waals surface area contributed by atoms with Gasteiger partial charge in [-0.25, -0.2) is 5.43 Å². The predicted molar refractivity (Wildman–Crippen MR) is 118 cm³/mol. The molecule has 29 heavy (non-hydrogen) atoms. The summed E-state index contributed by atoms with van der Waals surface area (Å²) in [5.74, 6) is -0.346. The van der Waals surface area contributed by atoms with Gasteiger partial charge in [0.2, 0.25) is 0 Å². The fraction of sp³-hybridized carbons (Fsp3) is 0.0870. The van der Waals surface area contributed by atoms with Crippen molar-refractivity contribution in [1.82, 2.24) is 15.6 Å². The van der Waals surface area contributed by atoms with Crippen molar-refractivity contribution in [2.45, 2.75) is 13.8 Å². The highest BCUT2D eigenvalue weighted by Gasteiger charge is 2.12. The maximum Gasteiger partial charge on any atom is 0.291 e. The fourth-order valence-electron chi connectivity index (χ4n) is 2.93. The van der Waals surface area contributed by atoms with Crippen LogP contribution in [0.3, 0.4) is 0 Å². The fourth-order valence-corrected chi connectivity index (χ4v) is 3.77. The van der Waals surface area contributed by atoms with Gasteiger partial charge in [-0.15, -0.1) is 11.3 Å². The molecule has 0 saturated heterocycles. The standard InChI is InChI=1S/C23H20N4OS/c1-15-8-13-22(29-15)20-14-21(26-25-20)23(28)27-24-16(2)17-9-11-19(12-10-17)18-6-4-3-5-7-18/h3-14H,1-2H3,(H,25,26)(H,27,28). The van der Waals surface area contributed by atoms with Gasteiger partial charge in [-0.05, 0) is 48.7 Å². The van der Waals surface area contributed by atoms with Crippen molar-refractivity contribution in [1.29, 1.82) is 0 Å². The van der Waals surface area contributed by atoms with E-state index in [-0.39, 0.29) is 5.91 Å². The Morgan fingerprint density at radius 2 is 1.72 bits per heavy atom. The molecule has 0 atom stereocenters. The molecule has 144 valence electrons. The Hall–Kier alpha value is -3.51. The number of nitrogens with zero attached hydrogens (tertiary/aromatic N) is 2. The summed E-state index contributed by atoms with van der Waals surface area (Å²) in [7, 11) is 0. The minimum atomic E-state index is -0.346. The second-order valence-corrected chi connectivity index (χ2v) is 7.95. The van der Waals surface area contributed by atoms with E-state index in [9.17, 15) is 4.79 Å². The maximum absolute atomic E-state index is 12.4. The lowest BCUT2D eigenvalue weighted by Gasteiger charge is -2.05. The van der Waals surface area contributed by atoms with Gasteiger partial charge in [0, 0.05) is 4.88 Å². The molecule has 0 saturated carbocycles. The van der Waals surface area contributed by atoms with Crippen LogP contribution in [0.25, 0.3) is 21.7 Å². The summed E-state index contributed by atoms with van der Waals surface area (Å²) in [6.07, 6.45) is 0. The second-order valence-electron chi connectivity index (χ2n) is 6.66. The summed E-state index contributed by atoms with van der Waals surface area (Å²) < 4.78 is 0. The van der Waals surface area contributed by atoms with Crippen molar-refractivity contribution in [3.8, 4) is 21.7 Å². The smallest absolute Gasteiger partial charge is 0.276 e. The molecule has 2 aromatic carbocycles. The van der Waals surface area contributed by atoms with Gasteiger partial charge < -0.3 is 0 Å². The van der Waals surface area contributed by atoms with E-state index in [1.54, 1.807) is 17.4 Å². The van der Waals surface area contributed by atoms with Crippen LogP contribution < -0.4 is 5.43 Å². The predicted octanol–water partition coefficient (Wildman–Crippen LogP) is 5.27. The highest BCUT2D eigenvalue weighted by atomic mass is 32.1. The first kappa shape index (κ1) is 18.8. The summed E-state index contributed by atoms with van der Waals surface area (Å²) in [5, 5.41) is 11.2. The number of thiophene rings is 1. The summed E-state index contributed by atoms with van der Waals surface area (Å²) in [6, 6.07) is 24.1. The van der Waals surface area contributed by atoms with Crippen molar-refractivity contribution in [2.24, 2.45) is 5.10 Å². The van der Waals surface area contributed by atoms with E-state index < -0.39 is 0 Å². The van der Waals surface area contributed by atoms with E-state index in [2.05, 4.69) is 45.0 Å². The highest BCUT2D eigenvalue weighted by molar-refractivity contribution is 7.15. The lowest BCUT2D eigenvalue weighted by molar-refractivity contribution is 0.0950. The molecule has 0 aliphatic rings. The van der Waals surface area contributed by atoms with E-state index in [1.165, 1.54) is 4.88 Å². The normalized spacial score (nSPS) is 11.4. The number of nitrogens with one attached hydrogen (secondary N) is 2. The van der Waals surface area contributed by atoms with Gasteiger partial charge in [0.1, 0.15) is 0 Å². The van der Waals surface area contributed by atoms with E-state index in [4.69, 9.17) is 0 Å². The zero-order valence-corrected chi connectivity index (χ0v) is 17.0. The number of H-pyrrole nitrogens is 1. The maximum atomic E-state index is 12.4. The van der Waals surface area contributed by atoms with E-state index >= 15 is 0 Å². The molecule has 5 nitrogen and oxygen atoms in total. The number of rotatable bonds is 5. The van der Waals surface area contributed by atoms with Crippen LogP contribution in [0, 0.1) is 6.92 Å². The third-order valence-electron chi connectivity index (χ3n) is 4.55.